The number of benzene rings is 2. The van der Waals surface area contributed by atoms with Gasteiger partial charge in [-0.2, -0.15) is 5.26 Å². The van der Waals surface area contributed by atoms with Crippen molar-refractivity contribution in [1.82, 2.24) is 9.97 Å². The third kappa shape index (κ3) is 4.38. The lowest BCUT2D eigenvalue weighted by Crippen LogP contribution is -2.15. The lowest BCUT2D eigenvalue weighted by molar-refractivity contribution is 0.307. The van der Waals surface area contributed by atoms with Crippen molar-refractivity contribution in [2.45, 2.75) is 11.8 Å². The van der Waals surface area contributed by atoms with Crippen LogP contribution in [0.4, 0.5) is 4.39 Å². The van der Waals surface area contributed by atoms with E-state index in [9.17, 15) is 14.4 Å². The zero-order chi connectivity index (χ0) is 20.3. The Morgan fingerprint density at radius 1 is 1.36 bits per heavy atom. The van der Waals surface area contributed by atoms with Crippen molar-refractivity contribution in [1.29, 1.82) is 5.26 Å². The number of aromatic nitrogens is 2. The number of H-pyrrole nitrogens is 1. The van der Waals surface area contributed by atoms with Crippen LogP contribution in [-0.2, 0) is 6.61 Å². The first kappa shape index (κ1) is 20.4. The summed E-state index contributed by atoms with van der Waals surface area (Å²) in [5, 5.41) is 10.1. The maximum absolute atomic E-state index is 13.2. The molecule has 0 aliphatic carbocycles. The summed E-state index contributed by atoms with van der Waals surface area (Å²) in [5.41, 5.74) is 0.661. The van der Waals surface area contributed by atoms with Gasteiger partial charge in [0.05, 0.1) is 5.02 Å². The van der Waals surface area contributed by atoms with Crippen LogP contribution in [0, 0.1) is 17.1 Å². The lowest BCUT2D eigenvalue weighted by Gasteiger charge is -2.14. The van der Waals surface area contributed by atoms with Crippen LogP contribution >= 0.6 is 39.3 Å². The highest BCUT2D eigenvalue weighted by molar-refractivity contribution is 9.10. The van der Waals surface area contributed by atoms with E-state index in [1.807, 2.05) is 6.07 Å². The summed E-state index contributed by atoms with van der Waals surface area (Å²) >= 11 is 10.7. The highest BCUT2D eigenvalue weighted by Crippen LogP contribution is 2.34. The van der Waals surface area contributed by atoms with Gasteiger partial charge in [-0.1, -0.05) is 45.4 Å². The molecule has 2 aromatic carbocycles. The van der Waals surface area contributed by atoms with Gasteiger partial charge in [0.25, 0.3) is 5.56 Å². The molecular formula is C19H12BrClFN3O2S. The van der Waals surface area contributed by atoms with Crippen molar-refractivity contribution in [3.8, 4) is 23.1 Å². The van der Waals surface area contributed by atoms with Gasteiger partial charge in [0.2, 0.25) is 0 Å². The predicted molar refractivity (Wildman–Crippen MR) is 110 cm³/mol. The quantitative estimate of drug-likeness (QED) is 0.403. The summed E-state index contributed by atoms with van der Waals surface area (Å²) in [6.45, 7) is 0.0776. The minimum Gasteiger partial charge on any atom is -0.488 e. The van der Waals surface area contributed by atoms with Crippen molar-refractivity contribution < 1.29 is 9.13 Å². The average Bonchev–Trinajstić information content (AvgIpc) is 2.67. The van der Waals surface area contributed by atoms with E-state index in [4.69, 9.17) is 16.3 Å². The average molecular weight is 481 g/mol. The molecule has 0 saturated heterocycles. The number of hydrogen-bond acceptors (Lipinski definition) is 5. The Bertz CT molecular complexity index is 1150. The normalized spacial score (nSPS) is 10.5. The number of ether oxygens (including phenoxy) is 1. The highest BCUT2D eigenvalue weighted by atomic mass is 79.9. The molecule has 1 aromatic heterocycles. The van der Waals surface area contributed by atoms with Crippen molar-refractivity contribution in [2.75, 3.05) is 6.26 Å². The molecule has 0 bridgehead atoms. The molecule has 0 aliphatic heterocycles. The molecule has 0 saturated carbocycles. The van der Waals surface area contributed by atoms with Crippen molar-refractivity contribution in [3.05, 3.63) is 73.2 Å². The van der Waals surface area contributed by atoms with Crippen LogP contribution in [0.25, 0.3) is 11.3 Å². The number of thioether (sulfide) groups is 1. The Balaban J connectivity index is 2.06. The monoisotopic (exact) mass is 479 g/mol. The number of aromatic amines is 1. The zero-order valence-electron chi connectivity index (χ0n) is 14.4. The standard InChI is InChI=1S/C19H12BrClFN3O2S/c1-28-19-24-17(14(8-23)18(26)25-19)13-6-11(20)3-5-16(13)27-9-10-2-4-12(22)7-15(10)21/h2-7H,9H2,1H3,(H,24,25,26). The van der Waals surface area contributed by atoms with Gasteiger partial charge in [-0.05, 0) is 36.6 Å². The number of nitrogens with zero attached hydrogens (tertiary/aromatic N) is 2. The second-order valence-corrected chi connectivity index (χ2v) is 7.69. The first-order valence-electron chi connectivity index (χ1n) is 7.88. The Labute approximate surface area is 177 Å². The molecule has 0 aliphatic rings. The van der Waals surface area contributed by atoms with E-state index in [0.717, 1.165) is 4.47 Å². The topological polar surface area (TPSA) is 78.8 Å². The minimum atomic E-state index is -0.524. The molecule has 0 amide bonds. The molecule has 1 heterocycles. The largest absolute Gasteiger partial charge is 0.488 e. The fourth-order valence-corrected chi connectivity index (χ4v) is 3.42. The van der Waals surface area contributed by atoms with Gasteiger partial charge in [-0.3, -0.25) is 4.79 Å². The third-order valence-corrected chi connectivity index (χ3v) is 5.22. The van der Waals surface area contributed by atoms with Crippen molar-refractivity contribution in [2.24, 2.45) is 0 Å². The maximum atomic E-state index is 13.2. The summed E-state index contributed by atoms with van der Waals surface area (Å²) in [6, 6.07) is 11.1. The number of hydrogen-bond donors (Lipinski definition) is 1. The number of rotatable bonds is 5. The third-order valence-electron chi connectivity index (χ3n) is 3.80. The summed E-state index contributed by atoms with van der Waals surface area (Å²) in [6.07, 6.45) is 1.77. The molecule has 0 atom stereocenters. The molecule has 3 aromatic rings. The summed E-state index contributed by atoms with van der Waals surface area (Å²) in [4.78, 5) is 19.2. The van der Waals surface area contributed by atoms with Gasteiger partial charge in [0.1, 0.15) is 35.5 Å². The highest BCUT2D eigenvalue weighted by Gasteiger charge is 2.18. The molecule has 3 rings (SSSR count). The number of nitriles is 1. The van der Waals surface area contributed by atoms with Crippen LogP contribution in [0.3, 0.4) is 0 Å². The molecule has 1 N–H and O–H groups in total. The van der Waals surface area contributed by atoms with E-state index in [1.54, 1.807) is 24.5 Å². The first-order chi connectivity index (χ1) is 13.4. The van der Waals surface area contributed by atoms with Gasteiger partial charge in [-0.25, -0.2) is 9.37 Å². The van der Waals surface area contributed by atoms with Crippen LogP contribution in [0.1, 0.15) is 11.1 Å². The van der Waals surface area contributed by atoms with E-state index in [-0.39, 0.29) is 22.9 Å². The molecule has 28 heavy (non-hydrogen) atoms. The van der Waals surface area contributed by atoms with Gasteiger partial charge >= 0.3 is 0 Å². The van der Waals surface area contributed by atoms with Crippen molar-refractivity contribution in [3.63, 3.8) is 0 Å². The smallest absolute Gasteiger partial charge is 0.270 e. The lowest BCUT2D eigenvalue weighted by atomic mass is 10.1. The second-order valence-electron chi connectivity index (χ2n) is 5.58. The summed E-state index contributed by atoms with van der Waals surface area (Å²) in [5.74, 6) is -0.0284. The Kier molecular flexibility index (Phi) is 6.39. The van der Waals surface area contributed by atoms with Crippen LogP contribution in [-0.4, -0.2) is 16.2 Å². The maximum Gasteiger partial charge on any atom is 0.270 e. The molecule has 142 valence electrons. The van der Waals surface area contributed by atoms with Gasteiger partial charge in [-0.15, -0.1) is 0 Å². The number of halogens is 3. The molecule has 0 fully saturated rings. The SMILES string of the molecule is CSc1nc(-c2cc(Br)ccc2OCc2ccc(F)cc2Cl)c(C#N)c(=O)[nH]1. The van der Waals surface area contributed by atoms with Crippen LogP contribution in [0.15, 0.2) is 50.8 Å². The van der Waals surface area contributed by atoms with E-state index in [2.05, 4.69) is 25.9 Å². The Morgan fingerprint density at radius 2 is 2.14 bits per heavy atom. The first-order valence-corrected chi connectivity index (χ1v) is 10.3. The fraction of sp³-hybridized carbons (Fsp3) is 0.105. The molecule has 0 spiro atoms. The fourth-order valence-electron chi connectivity index (χ4n) is 2.46. The van der Waals surface area contributed by atoms with Crippen LogP contribution < -0.4 is 10.3 Å². The van der Waals surface area contributed by atoms with Crippen LogP contribution in [0.5, 0.6) is 5.75 Å². The zero-order valence-corrected chi connectivity index (χ0v) is 17.6. The summed E-state index contributed by atoms with van der Waals surface area (Å²) in [7, 11) is 0. The van der Waals surface area contributed by atoms with Gasteiger partial charge in [0.15, 0.2) is 5.16 Å². The van der Waals surface area contributed by atoms with E-state index in [0.29, 0.717) is 22.0 Å². The van der Waals surface area contributed by atoms with E-state index >= 15 is 0 Å². The van der Waals surface area contributed by atoms with E-state index in [1.165, 1.54) is 30.0 Å². The number of nitrogens with one attached hydrogen (secondary N) is 1. The molecule has 0 unspecified atom stereocenters. The second kappa shape index (κ2) is 8.78. The Hall–Kier alpha value is -2.34. The summed E-state index contributed by atoms with van der Waals surface area (Å²) < 4.78 is 19.8. The van der Waals surface area contributed by atoms with Gasteiger partial charge < -0.3 is 9.72 Å². The van der Waals surface area contributed by atoms with E-state index < -0.39 is 11.4 Å². The van der Waals surface area contributed by atoms with Crippen molar-refractivity contribution >= 4 is 39.3 Å². The molecule has 5 nitrogen and oxygen atoms in total. The van der Waals surface area contributed by atoms with Gasteiger partial charge in [0, 0.05) is 15.6 Å². The van der Waals surface area contributed by atoms with Crippen LogP contribution in [0.2, 0.25) is 5.02 Å². The molecule has 9 heteroatoms. The molecular weight excluding hydrogens is 469 g/mol. The minimum absolute atomic E-state index is 0.0776. The predicted octanol–water partition coefficient (Wildman–Crippen LogP) is 5.16. The Morgan fingerprint density at radius 3 is 2.82 bits per heavy atom. The molecule has 0 radical (unpaired) electrons.